The van der Waals surface area contributed by atoms with Gasteiger partial charge >= 0.3 is 0 Å². The van der Waals surface area contributed by atoms with E-state index in [1.807, 2.05) is 0 Å². The maximum Gasteiger partial charge on any atom is 0.139 e. The van der Waals surface area contributed by atoms with Gasteiger partial charge in [0.25, 0.3) is 0 Å². The maximum atomic E-state index is 8.62. The summed E-state index contributed by atoms with van der Waals surface area (Å²) in [6.45, 7) is 0. The predicted octanol–water partition coefficient (Wildman–Crippen LogP) is -0.0449. The molecule has 0 spiro atoms. The van der Waals surface area contributed by atoms with Crippen LogP contribution in [-0.2, 0) is 0 Å². The van der Waals surface area contributed by atoms with E-state index in [1.165, 1.54) is 0 Å². The third kappa shape index (κ3) is 1.05. The Labute approximate surface area is 72.8 Å². The Balaban J connectivity index is 2.55. The smallest absolute Gasteiger partial charge is 0.139 e. The number of aromatic amines is 1. The summed E-state index contributed by atoms with van der Waals surface area (Å²) in [5, 5.41) is 33.4. The van der Waals surface area contributed by atoms with E-state index >= 15 is 0 Å². The lowest BCUT2D eigenvalue weighted by Gasteiger charge is -2.09. The van der Waals surface area contributed by atoms with Crippen LogP contribution in [0.15, 0.2) is 10.3 Å². The molecule has 0 bridgehead atoms. The minimum absolute atomic E-state index is 0.446. The van der Waals surface area contributed by atoms with Gasteiger partial charge in [-0.15, -0.1) is 0 Å². The Bertz CT molecular complexity index is 346. The largest absolute Gasteiger partial charge is 0.411 e. The van der Waals surface area contributed by atoms with E-state index in [0.717, 1.165) is 0 Å². The van der Waals surface area contributed by atoms with Crippen LogP contribution in [0.3, 0.4) is 0 Å². The second-order valence-electron chi connectivity index (χ2n) is 2.61. The van der Waals surface area contributed by atoms with Crippen molar-refractivity contribution in [2.24, 2.45) is 10.3 Å². The van der Waals surface area contributed by atoms with Gasteiger partial charge in [-0.25, -0.2) is 0 Å². The zero-order valence-corrected chi connectivity index (χ0v) is 6.60. The van der Waals surface area contributed by atoms with Crippen molar-refractivity contribution >= 4 is 11.4 Å². The number of fused-ring (bicyclic) bond motifs is 1. The minimum Gasteiger partial charge on any atom is -0.411 e. The van der Waals surface area contributed by atoms with E-state index in [0.29, 0.717) is 35.7 Å². The normalized spacial score (nSPS) is 22.2. The van der Waals surface area contributed by atoms with Crippen molar-refractivity contribution in [2.45, 2.75) is 12.8 Å². The molecular weight excluding hydrogens is 174 g/mol. The van der Waals surface area contributed by atoms with E-state index in [9.17, 15) is 0 Å². The summed E-state index contributed by atoms with van der Waals surface area (Å²) in [4.78, 5) is 0. The Morgan fingerprint density at radius 2 is 1.46 bits per heavy atom. The average Bonchev–Trinajstić information content (AvgIpc) is 2.64. The topological polar surface area (TPSA) is 107 Å². The lowest BCUT2D eigenvalue weighted by Crippen LogP contribution is -2.18. The molecule has 0 aliphatic heterocycles. The van der Waals surface area contributed by atoms with E-state index in [2.05, 4.69) is 25.7 Å². The summed E-state index contributed by atoms with van der Waals surface area (Å²) in [5.74, 6) is 0. The Morgan fingerprint density at radius 3 is 1.85 bits per heavy atom. The molecule has 1 aliphatic carbocycles. The van der Waals surface area contributed by atoms with Gasteiger partial charge in [-0.1, -0.05) is 10.3 Å². The molecule has 0 saturated carbocycles. The van der Waals surface area contributed by atoms with E-state index in [1.54, 1.807) is 0 Å². The summed E-state index contributed by atoms with van der Waals surface area (Å²) < 4.78 is 0. The van der Waals surface area contributed by atoms with Gasteiger partial charge in [0.15, 0.2) is 0 Å². The van der Waals surface area contributed by atoms with Crippen LogP contribution >= 0.6 is 0 Å². The molecule has 0 saturated heterocycles. The number of hydrogen-bond acceptors (Lipinski definition) is 6. The van der Waals surface area contributed by atoms with Crippen LogP contribution in [0, 0.1) is 0 Å². The van der Waals surface area contributed by atoms with Crippen LogP contribution in [0.2, 0.25) is 0 Å². The summed E-state index contributed by atoms with van der Waals surface area (Å²) in [5.41, 5.74) is 1.80. The van der Waals surface area contributed by atoms with Crippen molar-refractivity contribution in [2.75, 3.05) is 0 Å². The van der Waals surface area contributed by atoms with Gasteiger partial charge in [0.2, 0.25) is 0 Å². The first-order valence-corrected chi connectivity index (χ1v) is 3.70. The van der Waals surface area contributed by atoms with Crippen LogP contribution in [0.4, 0.5) is 0 Å². The fraction of sp³-hybridized carbons (Fsp3) is 0.333. The molecule has 13 heavy (non-hydrogen) atoms. The molecule has 1 heterocycles. The first-order chi connectivity index (χ1) is 6.36. The molecule has 0 atom stereocenters. The number of nitrogens with zero attached hydrogens (tertiary/aromatic N) is 4. The second kappa shape index (κ2) is 2.85. The van der Waals surface area contributed by atoms with E-state index < -0.39 is 0 Å². The molecule has 7 nitrogen and oxygen atoms in total. The number of hydrogen-bond donors (Lipinski definition) is 3. The van der Waals surface area contributed by atoms with Crippen molar-refractivity contribution in [1.29, 1.82) is 0 Å². The highest BCUT2D eigenvalue weighted by Gasteiger charge is 2.25. The number of rotatable bonds is 0. The quantitative estimate of drug-likeness (QED) is 0.385. The molecule has 2 rings (SSSR count). The molecule has 7 heteroatoms. The second-order valence-corrected chi connectivity index (χ2v) is 2.61. The number of H-pyrrole nitrogens is 1. The van der Waals surface area contributed by atoms with Gasteiger partial charge in [0.05, 0.1) is 0 Å². The van der Waals surface area contributed by atoms with Crippen LogP contribution in [-0.4, -0.2) is 37.2 Å². The minimum atomic E-state index is 0.446. The fourth-order valence-corrected chi connectivity index (χ4v) is 1.30. The van der Waals surface area contributed by atoms with E-state index in [4.69, 9.17) is 10.4 Å². The molecule has 0 radical (unpaired) electrons. The molecule has 0 unspecified atom stereocenters. The Hall–Kier alpha value is -1.92. The number of oxime groups is 2. The molecule has 0 amide bonds. The molecular formula is C6H7N5O2. The Kier molecular flexibility index (Phi) is 1.69. The molecule has 1 aromatic rings. The van der Waals surface area contributed by atoms with Crippen LogP contribution < -0.4 is 0 Å². The lowest BCUT2D eigenvalue weighted by molar-refractivity contribution is 0.315. The summed E-state index contributed by atoms with van der Waals surface area (Å²) in [6.07, 6.45) is 0.991. The van der Waals surface area contributed by atoms with Crippen molar-refractivity contribution in [3.05, 3.63) is 11.4 Å². The molecule has 1 aliphatic rings. The monoisotopic (exact) mass is 181 g/mol. The van der Waals surface area contributed by atoms with Crippen molar-refractivity contribution < 1.29 is 10.4 Å². The third-order valence-corrected chi connectivity index (χ3v) is 1.93. The molecule has 3 N–H and O–H groups in total. The standard InChI is InChI=1S/C6H7N5O2/c12-9-3-1-2-4(10-13)6-5(3)7-11-8-6/h12-13H,1-2H2,(H,7,8,11)/b9-3+,10-4+. The predicted molar refractivity (Wildman–Crippen MR) is 42.3 cm³/mol. The highest BCUT2D eigenvalue weighted by atomic mass is 16.4. The average molecular weight is 181 g/mol. The van der Waals surface area contributed by atoms with Gasteiger partial charge in [-0.3, -0.25) is 0 Å². The number of nitrogens with one attached hydrogen (secondary N) is 1. The van der Waals surface area contributed by atoms with Crippen molar-refractivity contribution in [3.8, 4) is 0 Å². The highest BCUT2D eigenvalue weighted by Crippen LogP contribution is 2.17. The molecule has 1 aromatic heterocycles. The molecule has 0 fully saturated rings. The number of aromatic nitrogens is 3. The zero-order valence-electron chi connectivity index (χ0n) is 6.60. The SMILES string of the molecule is O/N=C1\CC/C(=N\O)c2n[nH]nc21. The first kappa shape index (κ1) is 7.71. The summed E-state index contributed by atoms with van der Waals surface area (Å²) in [7, 11) is 0. The van der Waals surface area contributed by atoms with Crippen LogP contribution in [0.1, 0.15) is 24.2 Å². The van der Waals surface area contributed by atoms with Gasteiger partial charge in [-0.05, 0) is 0 Å². The van der Waals surface area contributed by atoms with Crippen LogP contribution in [0.5, 0.6) is 0 Å². The molecule has 0 aromatic carbocycles. The Morgan fingerprint density at radius 1 is 1.00 bits per heavy atom. The third-order valence-electron chi connectivity index (χ3n) is 1.93. The van der Waals surface area contributed by atoms with Crippen LogP contribution in [0.25, 0.3) is 0 Å². The van der Waals surface area contributed by atoms with Crippen molar-refractivity contribution in [3.63, 3.8) is 0 Å². The van der Waals surface area contributed by atoms with E-state index in [-0.39, 0.29) is 0 Å². The van der Waals surface area contributed by atoms with Crippen molar-refractivity contribution in [1.82, 2.24) is 15.4 Å². The highest BCUT2D eigenvalue weighted by molar-refractivity contribution is 6.15. The first-order valence-electron chi connectivity index (χ1n) is 3.70. The van der Waals surface area contributed by atoms with Gasteiger partial charge < -0.3 is 10.4 Å². The van der Waals surface area contributed by atoms with Gasteiger partial charge in [-0.2, -0.15) is 15.4 Å². The maximum absolute atomic E-state index is 8.62. The fourth-order valence-electron chi connectivity index (χ4n) is 1.30. The zero-order chi connectivity index (χ0) is 9.26. The lowest BCUT2D eigenvalue weighted by atomic mass is 9.97. The van der Waals surface area contributed by atoms with Gasteiger partial charge in [0.1, 0.15) is 22.8 Å². The van der Waals surface area contributed by atoms with Gasteiger partial charge in [0, 0.05) is 12.8 Å². The summed E-state index contributed by atoms with van der Waals surface area (Å²) in [6, 6.07) is 0. The molecule has 68 valence electrons. The summed E-state index contributed by atoms with van der Waals surface area (Å²) >= 11 is 0.